The van der Waals surface area contributed by atoms with Crippen LogP contribution in [0.1, 0.15) is 37.1 Å². The number of sulfonamides is 1. The molecule has 1 rings (SSSR count). The first kappa shape index (κ1) is 15.7. The standard InChI is InChI=1S/C11H19BrN2O3S/c1-9-11(10(2)17-14-9)18(15,16)13-8-6-4-3-5-7-12/h13H,3-8H2,1-2H3. The zero-order valence-corrected chi connectivity index (χ0v) is 13.1. The van der Waals surface area contributed by atoms with Gasteiger partial charge in [0.1, 0.15) is 10.6 Å². The summed E-state index contributed by atoms with van der Waals surface area (Å²) in [7, 11) is -3.49. The number of halogens is 1. The van der Waals surface area contributed by atoms with Crippen molar-refractivity contribution >= 4 is 26.0 Å². The summed E-state index contributed by atoms with van der Waals surface area (Å²) in [5, 5.41) is 4.65. The SMILES string of the molecule is Cc1noc(C)c1S(=O)(=O)NCCCCCCBr. The van der Waals surface area contributed by atoms with Crippen LogP contribution in [-0.2, 0) is 10.0 Å². The highest BCUT2D eigenvalue weighted by Gasteiger charge is 2.23. The van der Waals surface area contributed by atoms with Gasteiger partial charge in [0.25, 0.3) is 0 Å². The summed E-state index contributed by atoms with van der Waals surface area (Å²) in [6, 6.07) is 0. The Hall–Kier alpha value is -0.400. The van der Waals surface area contributed by atoms with E-state index in [1.54, 1.807) is 13.8 Å². The fourth-order valence-electron chi connectivity index (χ4n) is 1.71. The number of nitrogens with one attached hydrogen (secondary N) is 1. The van der Waals surface area contributed by atoms with E-state index in [2.05, 4.69) is 25.8 Å². The molecule has 0 aliphatic rings. The van der Waals surface area contributed by atoms with E-state index in [0.717, 1.165) is 31.0 Å². The number of hydrogen-bond acceptors (Lipinski definition) is 4. The molecular formula is C11H19BrN2O3S. The molecule has 1 heterocycles. The van der Waals surface area contributed by atoms with E-state index in [-0.39, 0.29) is 4.90 Å². The van der Waals surface area contributed by atoms with E-state index >= 15 is 0 Å². The molecule has 1 aromatic heterocycles. The molecule has 0 aromatic carbocycles. The monoisotopic (exact) mass is 338 g/mol. The fraction of sp³-hybridized carbons (Fsp3) is 0.727. The molecule has 7 heteroatoms. The molecule has 0 amide bonds. The maximum absolute atomic E-state index is 12.0. The average molecular weight is 339 g/mol. The summed E-state index contributed by atoms with van der Waals surface area (Å²) in [5.74, 6) is 0.333. The number of aromatic nitrogens is 1. The first-order valence-corrected chi connectivity index (χ1v) is 8.58. The first-order chi connectivity index (χ1) is 8.49. The first-order valence-electron chi connectivity index (χ1n) is 5.97. The third kappa shape index (κ3) is 4.37. The Bertz CT molecular complexity index is 451. The molecule has 1 N–H and O–H groups in total. The Labute approximate surface area is 116 Å². The van der Waals surface area contributed by atoms with Crippen LogP contribution in [-0.4, -0.2) is 25.4 Å². The van der Waals surface area contributed by atoms with Gasteiger partial charge in [-0.3, -0.25) is 0 Å². The largest absolute Gasteiger partial charge is 0.360 e. The van der Waals surface area contributed by atoms with Crippen molar-refractivity contribution in [1.82, 2.24) is 9.88 Å². The lowest BCUT2D eigenvalue weighted by molar-refractivity contribution is 0.390. The highest BCUT2D eigenvalue weighted by atomic mass is 79.9. The molecule has 0 unspecified atom stereocenters. The molecule has 0 fully saturated rings. The van der Waals surface area contributed by atoms with Gasteiger partial charge in [0.15, 0.2) is 5.76 Å². The highest BCUT2D eigenvalue weighted by Crippen LogP contribution is 2.18. The van der Waals surface area contributed by atoms with E-state index < -0.39 is 10.0 Å². The maximum Gasteiger partial charge on any atom is 0.245 e. The number of aryl methyl sites for hydroxylation is 2. The van der Waals surface area contributed by atoms with Crippen molar-refractivity contribution in [3.05, 3.63) is 11.5 Å². The third-order valence-corrected chi connectivity index (χ3v) is 4.85. The Morgan fingerprint density at radius 3 is 2.44 bits per heavy atom. The molecule has 0 radical (unpaired) electrons. The van der Waals surface area contributed by atoms with Gasteiger partial charge in [0, 0.05) is 11.9 Å². The molecule has 0 bridgehead atoms. The maximum atomic E-state index is 12.0. The van der Waals surface area contributed by atoms with Gasteiger partial charge in [0.2, 0.25) is 10.0 Å². The summed E-state index contributed by atoms with van der Waals surface area (Å²) in [6.07, 6.45) is 4.10. The smallest absolute Gasteiger partial charge is 0.245 e. The van der Waals surface area contributed by atoms with Crippen molar-refractivity contribution in [3.8, 4) is 0 Å². The molecular weight excluding hydrogens is 320 g/mol. The normalized spacial score (nSPS) is 11.9. The van der Waals surface area contributed by atoms with Gasteiger partial charge < -0.3 is 4.52 Å². The second-order valence-electron chi connectivity index (χ2n) is 4.15. The molecule has 0 spiro atoms. The zero-order chi connectivity index (χ0) is 13.6. The molecule has 5 nitrogen and oxygen atoms in total. The molecule has 1 aromatic rings. The van der Waals surface area contributed by atoms with Crippen LogP contribution in [0.2, 0.25) is 0 Å². The van der Waals surface area contributed by atoms with Crippen molar-refractivity contribution in [2.75, 3.05) is 11.9 Å². The van der Waals surface area contributed by atoms with Crippen molar-refractivity contribution in [2.24, 2.45) is 0 Å². The van der Waals surface area contributed by atoms with Crippen molar-refractivity contribution in [2.45, 2.75) is 44.4 Å². The second-order valence-corrected chi connectivity index (χ2v) is 6.65. The minimum atomic E-state index is -3.49. The number of unbranched alkanes of at least 4 members (excludes halogenated alkanes) is 3. The van der Waals surface area contributed by atoms with Gasteiger partial charge in [-0.25, -0.2) is 13.1 Å². The molecule has 0 saturated heterocycles. The van der Waals surface area contributed by atoms with Gasteiger partial charge >= 0.3 is 0 Å². The van der Waals surface area contributed by atoms with Crippen LogP contribution >= 0.6 is 15.9 Å². The molecule has 0 atom stereocenters. The topological polar surface area (TPSA) is 72.2 Å². The lowest BCUT2D eigenvalue weighted by Gasteiger charge is -2.05. The van der Waals surface area contributed by atoms with Gasteiger partial charge in [-0.1, -0.05) is 33.9 Å². The quantitative estimate of drug-likeness (QED) is 0.583. The highest BCUT2D eigenvalue weighted by molar-refractivity contribution is 9.09. The Kier molecular flexibility index (Phi) is 6.31. The molecule has 0 aliphatic heterocycles. The minimum Gasteiger partial charge on any atom is -0.360 e. The number of hydrogen-bond donors (Lipinski definition) is 1. The summed E-state index contributed by atoms with van der Waals surface area (Å²) >= 11 is 3.36. The lowest BCUT2D eigenvalue weighted by atomic mass is 10.2. The van der Waals surface area contributed by atoms with Crippen molar-refractivity contribution in [1.29, 1.82) is 0 Å². The van der Waals surface area contributed by atoms with Crippen LogP contribution in [0.3, 0.4) is 0 Å². The lowest BCUT2D eigenvalue weighted by Crippen LogP contribution is -2.25. The van der Waals surface area contributed by atoms with E-state index in [1.165, 1.54) is 0 Å². The third-order valence-electron chi connectivity index (χ3n) is 2.59. The van der Waals surface area contributed by atoms with E-state index in [4.69, 9.17) is 4.52 Å². The predicted molar refractivity (Wildman–Crippen MR) is 73.4 cm³/mol. The molecule has 0 saturated carbocycles. The summed E-state index contributed by atoms with van der Waals surface area (Å²) in [6.45, 7) is 3.68. The van der Waals surface area contributed by atoms with Crippen molar-refractivity contribution in [3.63, 3.8) is 0 Å². The van der Waals surface area contributed by atoms with Crippen LogP contribution in [0.15, 0.2) is 9.42 Å². The number of alkyl halides is 1. The van der Waals surface area contributed by atoms with E-state index in [9.17, 15) is 8.42 Å². The Morgan fingerprint density at radius 1 is 1.22 bits per heavy atom. The van der Waals surface area contributed by atoms with Crippen LogP contribution in [0.5, 0.6) is 0 Å². The molecule has 104 valence electrons. The summed E-state index contributed by atoms with van der Waals surface area (Å²) in [5.41, 5.74) is 0.402. The zero-order valence-electron chi connectivity index (χ0n) is 10.7. The van der Waals surface area contributed by atoms with Crippen LogP contribution < -0.4 is 4.72 Å². The minimum absolute atomic E-state index is 0.169. The van der Waals surface area contributed by atoms with Crippen LogP contribution in [0, 0.1) is 13.8 Å². The van der Waals surface area contributed by atoms with Gasteiger partial charge in [-0.05, 0) is 26.7 Å². The van der Waals surface area contributed by atoms with Gasteiger partial charge in [-0.15, -0.1) is 0 Å². The number of nitrogens with zero attached hydrogens (tertiary/aromatic N) is 1. The van der Waals surface area contributed by atoms with E-state index in [0.29, 0.717) is 18.0 Å². The number of rotatable bonds is 8. The summed E-state index contributed by atoms with van der Waals surface area (Å²) < 4.78 is 31.5. The van der Waals surface area contributed by atoms with E-state index in [1.807, 2.05) is 0 Å². The van der Waals surface area contributed by atoms with Gasteiger partial charge in [-0.2, -0.15) is 0 Å². The van der Waals surface area contributed by atoms with Gasteiger partial charge in [0.05, 0.1) is 0 Å². The Balaban J connectivity index is 2.46. The fourth-order valence-corrected chi connectivity index (χ4v) is 3.51. The molecule has 0 aliphatic carbocycles. The average Bonchev–Trinajstić information content (AvgIpc) is 2.64. The second kappa shape index (κ2) is 7.25. The molecule has 18 heavy (non-hydrogen) atoms. The van der Waals surface area contributed by atoms with Crippen LogP contribution in [0.4, 0.5) is 0 Å². The predicted octanol–water partition coefficient (Wildman–Crippen LogP) is 2.53. The summed E-state index contributed by atoms with van der Waals surface area (Å²) in [4.78, 5) is 0.169. The van der Waals surface area contributed by atoms with Crippen LogP contribution in [0.25, 0.3) is 0 Å². The Morgan fingerprint density at radius 2 is 1.89 bits per heavy atom. The van der Waals surface area contributed by atoms with Crippen molar-refractivity contribution < 1.29 is 12.9 Å².